The van der Waals surface area contributed by atoms with Gasteiger partial charge in [0, 0.05) is 12.5 Å². The van der Waals surface area contributed by atoms with E-state index in [2.05, 4.69) is 10.6 Å². The van der Waals surface area contributed by atoms with Crippen LogP contribution in [-0.4, -0.2) is 58.1 Å². The van der Waals surface area contributed by atoms with Gasteiger partial charge in [0.25, 0.3) is 0 Å². The molecule has 3 amide bonds. The van der Waals surface area contributed by atoms with Gasteiger partial charge in [-0.3, -0.25) is 9.59 Å². The lowest BCUT2D eigenvalue weighted by atomic mass is 9.96. The van der Waals surface area contributed by atoms with Gasteiger partial charge in [0.1, 0.15) is 29.3 Å². The first kappa shape index (κ1) is 36.3. The Morgan fingerprint density at radius 2 is 1.32 bits per heavy atom. The third kappa shape index (κ3) is 11.3. The molecule has 0 saturated heterocycles. The molecular weight excluding hydrogens is 558 g/mol. The van der Waals surface area contributed by atoms with E-state index in [1.54, 1.807) is 53.7 Å². The number of benzene rings is 2. The third-order valence-corrected chi connectivity index (χ3v) is 6.63. The lowest BCUT2D eigenvalue weighted by Gasteiger charge is -2.38. The zero-order valence-corrected chi connectivity index (χ0v) is 28.2. The summed E-state index contributed by atoms with van der Waals surface area (Å²) in [6.45, 7) is 19.7. The summed E-state index contributed by atoms with van der Waals surface area (Å²) < 4.78 is 11.1. The first-order chi connectivity index (χ1) is 20.3. The monoisotopic (exact) mass is 609 g/mol. The molecule has 9 nitrogen and oxygen atoms in total. The van der Waals surface area contributed by atoms with Gasteiger partial charge in [-0.15, -0.1) is 0 Å². The second kappa shape index (κ2) is 15.2. The van der Waals surface area contributed by atoms with Gasteiger partial charge in [0.2, 0.25) is 11.8 Å². The Morgan fingerprint density at radius 1 is 0.773 bits per heavy atom. The van der Waals surface area contributed by atoms with E-state index in [0.29, 0.717) is 5.56 Å². The predicted octanol–water partition coefficient (Wildman–Crippen LogP) is 5.89. The van der Waals surface area contributed by atoms with E-state index in [4.69, 9.17) is 9.47 Å². The molecule has 0 aliphatic rings. The van der Waals surface area contributed by atoms with Crippen molar-refractivity contribution in [1.82, 2.24) is 15.5 Å². The van der Waals surface area contributed by atoms with Crippen molar-refractivity contribution >= 4 is 23.9 Å². The number of aryl methyl sites for hydroxylation is 1. The molecular formula is C35H51N3O6. The zero-order chi connectivity index (χ0) is 33.4. The van der Waals surface area contributed by atoms with Crippen LogP contribution >= 0.6 is 0 Å². The maximum Gasteiger partial charge on any atom is 0.408 e. The number of hydrogen-bond acceptors (Lipinski definition) is 6. The molecule has 3 unspecified atom stereocenters. The maximum atomic E-state index is 14.3. The molecule has 2 N–H and O–H groups in total. The summed E-state index contributed by atoms with van der Waals surface area (Å²) in [4.78, 5) is 56.2. The van der Waals surface area contributed by atoms with Gasteiger partial charge in [-0.25, -0.2) is 9.59 Å². The lowest BCUT2D eigenvalue weighted by Crippen LogP contribution is -2.57. The molecule has 2 aromatic carbocycles. The van der Waals surface area contributed by atoms with Crippen LogP contribution in [0.15, 0.2) is 54.6 Å². The van der Waals surface area contributed by atoms with Crippen molar-refractivity contribution in [2.24, 2.45) is 5.92 Å². The van der Waals surface area contributed by atoms with E-state index in [1.165, 1.54) is 4.90 Å². The molecule has 0 bridgehead atoms. The Bertz CT molecular complexity index is 1260. The van der Waals surface area contributed by atoms with E-state index in [9.17, 15) is 19.2 Å². The maximum absolute atomic E-state index is 14.3. The summed E-state index contributed by atoms with van der Waals surface area (Å²) >= 11 is 0. The highest BCUT2D eigenvalue weighted by Gasteiger charge is 2.40. The fraction of sp³-hybridized carbons (Fsp3) is 0.543. The van der Waals surface area contributed by atoms with Crippen molar-refractivity contribution in [3.63, 3.8) is 0 Å². The molecule has 2 rings (SSSR count). The first-order valence-corrected chi connectivity index (χ1v) is 15.2. The average molecular weight is 610 g/mol. The second-order valence-electron chi connectivity index (χ2n) is 13.8. The minimum atomic E-state index is -1.11. The van der Waals surface area contributed by atoms with Gasteiger partial charge < -0.3 is 25.0 Å². The van der Waals surface area contributed by atoms with E-state index in [1.807, 2.05) is 77.1 Å². The Morgan fingerprint density at radius 3 is 1.80 bits per heavy atom. The molecule has 0 radical (unpaired) electrons. The number of carbonyl (C=O) groups is 4. The van der Waals surface area contributed by atoms with Crippen LogP contribution in [0.5, 0.6) is 0 Å². The Labute approximate surface area is 263 Å². The van der Waals surface area contributed by atoms with Crippen molar-refractivity contribution in [2.45, 2.75) is 118 Å². The van der Waals surface area contributed by atoms with Gasteiger partial charge in [-0.1, -0.05) is 74.0 Å². The summed E-state index contributed by atoms with van der Waals surface area (Å²) in [5, 5.41) is 5.63. The summed E-state index contributed by atoms with van der Waals surface area (Å²) in [6.07, 6.45) is -0.524. The minimum Gasteiger partial charge on any atom is -0.458 e. The summed E-state index contributed by atoms with van der Waals surface area (Å²) in [5.74, 6) is -1.88. The molecule has 2 aromatic rings. The molecule has 0 fully saturated rings. The Balaban J connectivity index is 2.57. The highest BCUT2D eigenvalue weighted by Crippen LogP contribution is 2.27. The number of nitrogens with zero attached hydrogens (tertiary/aromatic N) is 1. The number of rotatable bonds is 11. The molecule has 0 aromatic heterocycles. The van der Waals surface area contributed by atoms with Crippen LogP contribution in [0.25, 0.3) is 0 Å². The van der Waals surface area contributed by atoms with Crippen molar-refractivity contribution in [1.29, 1.82) is 0 Å². The SMILES string of the molecule is Cc1ccc(C(C(=O)NC(Cc2ccccc2)C(=O)OC(C)(C)C)N(C(=O)C(NC(=O)OC(C)(C)C)C(C)C)C(C)C)cc1. The topological polar surface area (TPSA) is 114 Å². The molecule has 0 spiro atoms. The van der Waals surface area contributed by atoms with Gasteiger partial charge >= 0.3 is 12.1 Å². The van der Waals surface area contributed by atoms with E-state index in [-0.39, 0.29) is 12.3 Å². The number of esters is 1. The number of amides is 3. The fourth-order valence-corrected chi connectivity index (χ4v) is 4.64. The van der Waals surface area contributed by atoms with Crippen LogP contribution in [0, 0.1) is 12.8 Å². The van der Waals surface area contributed by atoms with Crippen LogP contribution in [0.1, 0.15) is 92.0 Å². The molecule has 44 heavy (non-hydrogen) atoms. The van der Waals surface area contributed by atoms with Gasteiger partial charge in [0.05, 0.1) is 0 Å². The van der Waals surface area contributed by atoms with E-state index >= 15 is 0 Å². The summed E-state index contributed by atoms with van der Waals surface area (Å²) in [6, 6.07) is 13.1. The van der Waals surface area contributed by atoms with Crippen molar-refractivity contribution in [3.05, 3.63) is 71.3 Å². The van der Waals surface area contributed by atoms with Gasteiger partial charge in [0.15, 0.2) is 0 Å². The van der Waals surface area contributed by atoms with Crippen LogP contribution in [0.4, 0.5) is 4.79 Å². The number of hydrogen-bond donors (Lipinski definition) is 2. The highest BCUT2D eigenvalue weighted by molar-refractivity contribution is 5.94. The van der Waals surface area contributed by atoms with Gasteiger partial charge in [-0.2, -0.15) is 0 Å². The van der Waals surface area contributed by atoms with E-state index in [0.717, 1.165) is 11.1 Å². The van der Waals surface area contributed by atoms with Crippen molar-refractivity contribution in [2.75, 3.05) is 0 Å². The van der Waals surface area contributed by atoms with Crippen LogP contribution in [0.2, 0.25) is 0 Å². The smallest absolute Gasteiger partial charge is 0.408 e. The molecule has 0 aliphatic heterocycles. The number of carbonyl (C=O) groups excluding carboxylic acids is 4. The summed E-state index contributed by atoms with van der Waals surface area (Å²) in [5.41, 5.74) is 0.862. The van der Waals surface area contributed by atoms with Crippen LogP contribution in [-0.2, 0) is 30.3 Å². The highest BCUT2D eigenvalue weighted by atomic mass is 16.6. The molecule has 0 heterocycles. The second-order valence-corrected chi connectivity index (χ2v) is 13.8. The predicted molar refractivity (Wildman–Crippen MR) is 172 cm³/mol. The number of ether oxygens (including phenoxy) is 2. The largest absolute Gasteiger partial charge is 0.458 e. The molecule has 0 aliphatic carbocycles. The number of alkyl carbamates (subject to hydrolysis) is 1. The lowest BCUT2D eigenvalue weighted by molar-refractivity contribution is -0.159. The van der Waals surface area contributed by atoms with Crippen LogP contribution < -0.4 is 10.6 Å². The Kier molecular flexibility index (Phi) is 12.6. The molecule has 3 atom stereocenters. The summed E-state index contributed by atoms with van der Waals surface area (Å²) in [7, 11) is 0. The molecule has 9 heteroatoms. The number of nitrogens with one attached hydrogen (secondary N) is 2. The third-order valence-electron chi connectivity index (χ3n) is 6.63. The molecule has 242 valence electrons. The normalized spacial score (nSPS) is 13.9. The average Bonchev–Trinajstić information content (AvgIpc) is 2.88. The Hall–Kier alpha value is -3.88. The van der Waals surface area contributed by atoms with Crippen LogP contribution in [0.3, 0.4) is 0 Å². The van der Waals surface area contributed by atoms with Crippen molar-refractivity contribution < 1.29 is 28.7 Å². The van der Waals surface area contributed by atoms with Gasteiger partial charge in [-0.05, 0) is 79.4 Å². The fourth-order valence-electron chi connectivity index (χ4n) is 4.64. The molecule has 0 saturated carbocycles. The van der Waals surface area contributed by atoms with Crippen molar-refractivity contribution in [3.8, 4) is 0 Å². The zero-order valence-electron chi connectivity index (χ0n) is 28.2. The quantitative estimate of drug-likeness (QED) is 0.307. The minimum absolute atomic E-state index is 0.201. The first-order valence-electron chi connectivity index (χ1n) is 15.2. The van der Waals surface area contributed by atoms with E-state index < -0.39 is 59.2 Å². The standard InChI is InChI=1S/C35H51N3O6/c1-22(2)28(37-33(42)44-35(9,10)11)31(40)38(23(3)4)29(26-19-17-24(5)18-20-26)30(39)36-27(32(41)43-34(6,7)8)21-25-15-13-12-14-16-25/h12-20,22-23,27-29H,21H2,1-11H3,(H,36,39)(H,37,42).